The maximum absolute atomic E-state index is 11.8. The van der Waals surface area contributed by atoms with Gasteiger partial charge in [-0.2, -0.15) is 0 Å². The molecule has 1 fully saturated rings. The van der Waals surface area contributed by atoms with Crippen LogP contribution in [0.4, 0.5) is 5.69 Å². The molecule has 7 nitrogen and oxygen atoms in total. The number of aromatic carboxylic acids is 1. The minimum atomic E-state index is -0.976. The Morgan fingerprint density at radius 3 is 2.50 bits per heavy atom. The van der Waals surface area contributed by atoms with E-state index in [-0.39, 0.29) is 11.5 Å². The number of amides is 1. The molecule has 3 N–H and O–H groups in total. The summed E-state index contributed by atoms with van der Waals surface area (Å²) in [5.74, 6) is -0.764. The highest BCUT2D eigenvalue weighted by molar-refractivity contribution is 5.98. The third-order valence-corrected chi connectivity index (χ3v) is 6.76. The minimum absolute atomic E-state index is 0.140. The van der Waals surface area contributed by atoms with Gasteiger partial charge in [-0.25, -0.2) is 4.79 Å². The Morgan fingerprint density at radius 1 is 1.12 bits per heavy atom. The van der Waals surface area contributed by atoms with Crippen LogP contribution in [0.5, 0.6) is 0 Å². The molecule has 3 aromatic rings. The van der Waals surface area contributed by atoms with Gasteiger partial charge < -0.3 is 20.1 Å². The molecule has 180 valence electrons. The van der Waals surface area contributed by atoms with Crippen molar-refractivity contribution in [1.29, 1.82) is 0 Å². The molecule has 1 aliphatic carbocycles. The molecule has 1 atom stereocenters. The lowest BCUT2D eigenvalue weighted by atomic mass is 9.81. The lowest BCUT2D eigenvalue weighted by Gasteiger charge is -2.25. The smallest absolute Gasteiger partial charge is 0.335 e. The maximum Gasteiger partial charge on any atom is 0.335 e. The van der Waals surface area contributed by atoms with Gasteiger partial charge in [-0.1, -0.05) is 37.5 Å². The summed E-state index contributed by atoms with van der Waals surface area (Å²) in [7, 11) is 3.64. The van der Waals surface area contributed by atoms with Crippen molar-refractivity contribution in [1.82, 2.24) is 9.47 Å². The van der Waals surface area contributed by atoms with Gasteiger partial charge in [-0.3, -0.25) is 9.69 Å². The Morgan fingerprint density at radius 2 is 1.85 bits per heavy atom. The highest BCUT2D eigenvalue weighted by atomic mass is 16.4. The summed E-state index contributed by atoms with van der Waals surface area (Å²) < 4.78 is 2.06. The van der Waals surface area contributed by atoms with Crippen LogP contribution in [0.1, 0.15) is 60.9 Å². The number of rotatable bonds is 7. The highest BCUT2D eigenvalue weighted by Gasteiger charge is 2.28. The number of carbonyl (C=O) groups excluding carboxylic acids is 1. The molecule has 2 aromatic carbocycles. The van der Waals surface area contributed by atoms with Gasteiger partial charge in [0, 0.05) is 29.1 Å². The first-order valence-corrected chi connectivity index (χ1v) is 11.9. The van der Waals surface area contributed by atoms with Gasteiger partial charge in [0.15, 0.2) is 0 Å². The summed E-state index contributed by atoms with van der Waals surface area (Å²) in [5, 5.41) is 24.4. The van der Waals surface area contributed by atoms with E-state index in [1.54, 1.807) is 17.0 Å². The predicted octanol–water partition coefficient (Wildman–Crippen LogP) is 4.89. The van der Waals surface area contributed by atoms with E-state index in [1.165, 1.54) is 18.9 Å². The molecular formula is C27H33N3O4. The summed E-state index contributed by atoms with van der Waals surface area (Å²) >= 11 is 0. The van der Waals surface area contributed by atoms with Gasteiger partial charge in [0.2, 0.25) is 5.91 Å². The number of carboxylic acid groups (broad SMARTS) is 1. The Bertz CT molecular complexity index is 1210. The number of benzene rings is 2. The SMILES string of the molecule is CC(=O)Nc1cccc(-c2c(C3CCCCC3)c3ccc(C(=O)O)cc3n2CC(O)N(C)C)c1. The molecule has 1 unspecified atom stereocenters. The number of carboxylic acids is 1. The van der Waals surface area contributed by atoms with E-state index in [4.69, 9.17) is 0 Å². The second-order valence-corrected chi connectivity index (χ2v) is 9.45. The molecule has 0 spiro atoms. The summed E-state index contributed by atoms with van der Waals surface area (Å²) in [6, 6.07) is 13.0. The Kier molecular flexibility index (Phi) is 7.05. The van der Waals surface area contributed by atoms with Gasteiger partial charge in [0.05, 0.1) is 17.8 Å². The Hall–Kier alpha value is -3.16. The van der Waals surface area contributed by atoms with Crippen LogP contribution in [-0.2, 0) is 11.3 Å². The lowest BCUT2D eigenvalue weighted by Crippen LogP contribution is -2.32. The van der Waals surface area contributed by atoms with Gasteiger partial charge in [0.1, 0.15) is 6.23 Å². The maximum atomic E-state index is 11.8. The lowest BCUT2D eigenvalue weighted by molar-refractivity contribution is -0.114. The van der Waals surface area contributed by atoms with Gasteiger partial charge in [-0.15, -0.1) is 0 Å². The third kappa shape index (κ3) is 4.86. The molecule has 0 radical (unpaired) electrons. The van der Waals surface area contributed by atoms with E-state index in [2.05, 4.69) is 9.88 Å². The number of nitrogens with one attached hydrogen (secondary N) is 1. The predicted molar refractivity (Wildman–Crippen MR) is 134 cm³/mol. The molecule has 1 aliphatic rings. The number of likely N-dealkylation sites (N-methyl/N-ethyl adjacent to an activating group) is 1. The zero-order valence-corrected chi connectivity index (χ0v) is 20.0. The van der Waals surface area contributed by atoms with Crippen LogP contribution in [0.2, 0.25) is 0 Å². The molecule has 1 heterocycles. The van der Waals surface area contributed by atoms with Gasteiger partial charge in [-0.05, 0) is 62.7 Å². The van der Waals surface area contributed by atoms with Crippen LogP contribution in [0.25, 0.3) is 22.2 Å². The van der Waals surface area contributed by atoms with Crippen molar-refractivity contribution in [2.45, 2.75) is 57.7 Å². The highest BCUT2D eigenvalue weighted by Crippen LogP contribution is 2.44. The quantitative estimate of drug-likeness (QED) is 0.434. The average Bonchev–Trinajstić information content (AvgIpc) is 3.12. The van der Waals surface area contributed by atoms with E-state index in [9.17, 15) is 19.8 Å². The number of fused-ring (bicyclic) bond motifs is 1. The molecule has 0 bridgehead atoms. The number of aliphatic hydroxyl groups is 1. The Labute approximate surface area is 200 Å². The van der Waals surface area contributed by atoms with Crippen molar-refractivity contribution >= 4 is 28.5 Å². The molecule has 7 heteroatoms. The zero-order valence-electron chi connectivity index (χ0n) is 20.0. The molecule has 1 saturated carbocycles. The molecule has 0 saturated heterocycles. The second kappa shape index (κ2) is 9.99. The minimum Gasteiger partial charge on any atom is -0.478 e. The number of hydrogen-bond acceptors (Lipinski definition) is 4. The van der Waals surface area contributed by atoms with Gasteiger partial charge >= 0.3 is 5.97 Å². The number of nitrogens with zero attached hydrogens (tertiary/aromatic N) is 2. The van der Waals surface area contributed by atoms with Crippen molar-refractivity contribution in [2.24, 2.45) is 0 Å². The molecule has 34 heavy (non-hydrogen) atoms. The van der Waals surface area contributed by atoms with E-state index in [1.807, 2.05) is 44.4 Å². The monoisotopic (exact) mass is 463 g/mol. The van der Waals surface area contributed by atoms with Crippen LogP contribution in [0.15, 0.2) is 42.5 Å². The first-order valence-electron chi connectivity index (χ1n) is 11.9. The van der Waals surface area contributed by atoms with Crippen LogP contribution in [-0.4, -0.2) is 51.9 Å². The topological polar surface area (TPSA) is 94.8 Å². The third-order valence-electron chi connectivity index (χ3n) is 6.76. The van der Waals surface area contributed by atoms with Crippen molar-refractivity contribution in [3.05, 3.63) is 53.6 Å². The van der Waals surface area contributed by atoms with Crippen molar-refractivity contribution in [2.75, 3.05) is 19.4 Å². The van der Waals surface area contributed by atoms with Crippen LogP contribution in [0, 0.1) is 0 Å². The molecule has 4 rings (SSSR count). The molecule has 1 amide bonds. The van der Waals surface area contributed by atoms with E-state index >= 15 is 0 Å². The fourth-order valence-electron chi connectivity index (χ4n) is 5.09. The fourth-order valence-corrected chi connectivity index (χ4v) is 5.09. The first-order chi connectivity index (χ1) is 16.3. The zero-order chi connectivity index (χ0) is 24.4. The van der Waals surface area contributed by atoms with Crippen molar-refractivity contribution < 1.29 is 19.8 Å². The summed E-state index contributed by atoms with van der Waals surface area (Å²) in [6.45, 7) is 1.77. The summed E-state index contributed by atoms with van der Waals surface area (Å²) in [5.41, 5.74) is 4.86. The van der Waals surface area contributed by atoms with Crippen molar-refractivity contribution in [3.63, 3.8) is 0 Å². The molecule has 1 aromatic heterocycles. The fraction of sp³-hybridized carbons (Fsp3) is 0.407. The van der Waals surface area contributed by atoms with E-state index < -0.39 is 12.2 Å². The summed E-state index contributed by atoms with van der Waals surface area (Å²) in [6.07, 6.45) is 4.96. The van der Waals surface area contributed by atoms with E-state index in [0.717, 1.165) is 47.8 Å². The molecular weight excluding hydrogens is 430 g/mol. The second-order valence-electron chi connectivity index (χ2n) is 9.45. The average molecular weight is 464 g/mol. The number of hydrogen-bond donors (Lipinski definition) is 3. The van der Waals surface area contributed by atoms with E-state index in [0.29, 0.717) is 18.2 Å². The number of anilines is 1. The van der Waals surface area contributed by atoms with Crippen LogP contribution < -0.4 is 5.32 Å². The molecule has 0 aliphatic heterocycles. The van der Waals surface area contributed by atoms with Gasteiger partial charge in [0.25, 0.3) is 0 Å². The van der Waals surface area contributed by atoms with Crippen molar-refractivity contribution in [3.8, 4) is 11.3 Å². The number of aliphatic hydroxyl groups excluding tert-OH is 1. The number of aromatic nitrogens is 1. The van der Waals surface area contributed by atoms with Crippen LogP contribution >= 0.6 is 0 Å². The first kappa shape index (κ1) is 24.0. The largest absolute Gasteiger partial charge is 0.478 e. The standard InChI is InChI=1S/C27H33N3O4/c1-17(31)28-21-11-7-10-19(14-21)26-25(18-8-5-4-6-9-18)22-13-12-20(27(33)34)15-23(22)30(26)16-24(32)29(2)3/h7,10-15,18,24,32H,4-6,8-9,16H2,1-3H3,(H,28,31)(H,33,34). The summed E-state index contributed by atoms with van der Waals surface area (Å²) in [4.78, 5) is 25.2. The number of carbonyl (C=O) groups is 2. The van der Waals surface area contributed by atoms with Crippen LogP contribution in [0.3, 0.4) is 0 Å². The Balaban J connectivity index is 2.01. The normalized spacial score (nSPS) is 15.6.